The Labute approximate surface area is 256 Å². The number of ketones is 1. The fraction of sp³-hybridized carbons (Fsp3) is 0.353. The normalized spacial score (nSPS) is 19.1. The van der Waals surface area contributed by atoms with Crippen molar-refractivity contribution in [3.8, 4) is 0 Å². The van der Waals surface area contributed by atoms with Crippen molar-refractivity contribution in [3.05, 3.63) is 86.6 Å². The Kier molecular flexibility index (Phi) is 8.03. The molecule has 8 nitrogen and oxygen atoms in total. The molecule has 1 atom stereocenters. The average Bonchev–Trinajstić information content (AvgIpc) is 3.45. The summed E-state index contributed by atoms with van der Waals surface area (Å²) >= 11 is 1.62. The molecule has 1 aromatic heterocycles. The quantitative estimate of drug-likeness (QED) is 0.422. The standard InChI is InChI=1S/C34H37N5O3S/c1-21-25(9-7-10-27(21)39(4)33(41)30-20-23-8-5-6-11-29(23)43-30)26-16-17-28(40)32(36-26)35-24-14-12-22(13-15-24)31-34(42)38(3)19-18-37(31)2/h7,9-10,12-16,20,31H,5-6,8,11,17-19H2,1-4H3,(H,35,36). The van der Waals surface area contributed by atoms with Crippen LogP contribution in [0.1, 0.15) is 62.1 Å². The highest BCUT2D eigenvalue weighted by Crippen LogP contribution is 2.34. The Balaban J connectivity index is 1.21. The highest BCUT2D eigenvalue weighted by Gasteiger charge is 2.32. The van der Waals surface area contributed by atoms with Gasteiger partial charge >= 0.3 is 0 Å². The second-order valence-corrected chi connectivity index (χ2v) is 12.8. The molecule has 3 aliphatic rings. The van der Waals surface area contributed by atoms with Gasteiger partial charge in [0.15, 0.2) is 5.84 Å². The monoisotopic (exact) mass is 595 g/mol. The maximum atomic E-state index is 13.5. The maximum absolute atomic E-state index is 13.5. The van der Waals surface area contributed by atoms with Crippen molar-refractivity contribution < 1.29 is 14.4 Å². The number of aryl methyl sites for hydroxylation is 2. The fourth-order valence-corrected chi connectivity index (χ4v) is 7.37. The first-order chi connectivity index (χ1) is 20.7. The molecule has 1 fully saturated rings. The van der Waals surface area contributed by atoms with E-state index in [-0.39, 0.29) is 35.9 Å². The van der Waals surface area contributed by atoms with Gasteiger partial charge in [-0.3, -0.25) is 19.3 Å². The van der Waals surface area contributed by atoms with E-state index in [9.17, 15) is 14.4 Å². The van der Waals surface area contributed by atoms with E-state index in [1.165, 1.54) is 23.3 Å². The van der Waals surface area contributed by atoms with Crippen LogP contribution in [-0.2, 0) is 22.4 Å². The molecule has 3 aromatic rings. The van der Waals surface area contributed by atoms with Crippen LogP contribution in [0.4, 0.5) is 11.4 Å². The molecular formula is C34H37N5O3S. The Hall–Kier alpha value is -4.08. The number of rotatable bonds is 5. The number of nitrogens with zero attached hydrogens (tertiary/aromatic N) is 4. The Morgan fingerprint density at radius 3 is 2.58 bits per heavy atom. The van der Waals surface area contributed by atoms with Gasteiger partial charge in [0, 0.05) is 55.4 Å². The van der Waals surface area contributed by atoms with Crippen molar-refractivity contribution in [1.82, 2.24) is 9.80 Å². The maximum Gasteiger partial charge on any atom is 0.268 e. The van der Waals surface area contributed by atoms with Crippen LogP contribution in [0.3, 0.4) is 0 Å². The van der Waals surface area contributed by atoms with Crippen molar-refractivity contribution in [1.29, 1.82) is 0 Å². The molecule has 43 heavy (non-hydrogen) atoms. The van der Waals surface area contributed by atoms with Crippen LogP contribution in [0, 0.1) is 6.92 Å². The summed E-state index contributed by atoms with van der Waals surface area (Å²) in [4.78, 5) is 51.5. The SMILES string of the molecule is Cc1c(C2=CCC(=O)C(Nc3ccc(C4C(=O)N(C)CCN4C)cc3)=N2)cccc1N(C)C(=O)c1cc2c(s1)CCCC2. The lowest BCUT2D eigenvalue weighted by molar-refractivity contribution is -0.139. The summed E-state index contributed by atoms with van der Waals surface area (Å²) in [5.41, 5.74) is 6.29. The van der Waals surface area contributed by atoms with Gasteiger partial charge in [-0.25, -0.2) is 4.99 Å². The predicted molar refractivity (Wildman–Crippen MR) is 173 cm³/mol. The molecule has 9 heteroatoms. The molecule has 3 heterocycles. The minimum Gasteiger partial charge on any atom is -0.343 e. The van der Waals surface area contributed by atoms with E-state index in [4.69, 9.17) is 4.99 Å². The van der Waals surface area contributed by atoms with E-state index < -0.39 is 0 Å². The number of Topliss-reactive ketones (excluding diaryl/α,β-unsaturated/α-hetero) is 1. The third-order valence-electron chi connectivity index (χ3n) is 8.76. The van der Waals surface area contributed by atoms with Crippen LogP contribution in [0.25, 0.3) is 5.70 Å². The molecule has 0 bridgehead atoms. The Morgan fingerprint density at radius 2 is 1.81 bits per heavy atom. The van der Waals surface area contributed by atoms with Crippen LogP contribution in [0.2, 0.25) is 0 Å². The lowest BCUT2D eigenvalue weighted by Crippen LogP contribution is -2.48. The number of amidine groups is 1. The Bertz CT molecular complexity index is 1630. The van der Waals surface area contributed by atoms with Crippen LogP contribution in [0.15, 0.2) is 59.6 Å². The predicted octanol–water partition coefficient (Wildman–Crippen LogP) is 5.48. The summed E-state index contributed by atoms with van der Waals surface area (Å²) in [6.45, 7) is 3.52. The molecule has 0 spiro atoms. The topological polar surface area (TPSA) is 85.3 Å². The van der Waals surface area contributed by atoms with Crippen molar-refractivity contribution in [2.75, 3.05) is 44.4 Å². The van der Waals surface area contributed by atoms with Gasteiger partial charge in [-0.15, -0.1) is 11.3 Å². The van der Waals surface area contributed by atoms with E-state index in [0.29, 0.717) is 12.2 Å². The summed E-state index contributed by atoms with van der Waals surface area (Å²) in [5.74, 6) is 0.249. The largest absolute Gasteiger partial charge is 0.343 e. The molecule has 2 aromatic carbocycles. The van der Waals surface area contributed by atoms with Gasteiger partial charge in [0.25, 0.3) is 5.91 Å². The first-order valence-electron chi connectivity index (χ1n) is 14.8. The van der Waals surface area contributed by atoms with Crippen molar-refractivity contribution in [2.45, 2.75) is 45.1 Å². The third-order valence-corrected chi connectivity index (χ3v) is 9.98. The highest BCUT2D eigenvalue weighted by molar-refractivity contribution is 7.14. The molecule has 1 N–H and O–H groups in total. The third kappa shape index (κ3) is 5.67. The van der Waals surface area contributed by atoms with Crippen LogP contribution in [0.5, 0.6) is 0 Å². The molecule has 222 valence electrons. The molecule has 0 saturated carbocycles. The Morgan fingerprint density at radius 1 is 1.05 bits per heavy atom. The number of piperazine rings is 1. The molecule has 6 rings (SSSR count). The summed E-state index contributed by atoms with van der Waals surface area (Å²) in [5, 5.41) is 3.20. The van der Waals surface area contributed by atoms with E-state index in [2.05, 4.69) is 16.3 Å². The van der Waals surface area contributed by atoms with Gasteiger partial charge in [-0.2, -0.15) is 0 Å². The number of thiophene rings is 1. The van der Waals surface area contributed by atoms with Gasteiger partial charge in [-0.1, -0.05) is 30.3 Å². The van der Waals surface area contributed by atoms with E-state index >= 15 is 0 Å². The molecule has 0 radical (unpaired) electrons. The van der Waals surface area contributed by atoms with Crippen molar-refractivity contribution >= 4 is 51.8 Å². The molecule has 1 saturated heterocycles. The minimum atomic E-state index is -0.318. The summed E-state index contributed by atoms with van der Waals surface area (Å²) in [6.07, 6.45) is 6.57. The second kappa shape index (κ2) is 11.9. The first-order valence-corrected chi connectivity index (χ1v) is 15.7. The summed E-state index contributed by atoms with van der Waals surface area (Å²) in [6, 6.07) is 15.2. The van der Waals surface area contributed by atoms with Gasteiger partial charge in [0.2, 0.25) is 11.7 Å². The number of benzene rings is 2. The smallest absolute Gasteiger partial charge is 0.268 e. The molecule has 2 amide bonds. The summed E-state index contributed by atoms with van der Waals surface area (Å²) in [7, 11) is 5.62. The van der Waals surface area contributed by atoms with Gasteiger partial charge in [0.1, 0.15) is 6.04 Å². The number of carbonyl (C=O) groups excluding carboxylic acids is 3. The number of likely N-dealkylation sites (N-methyl/N-ethyl adjacent to an activating group) is 2. The van der Waals surface area contributed by atoms with Crippen LogP contribution < -0.4 is 10.2 Å². The van der Waals surface area contributed by atoms with Crippen LogP contribution >= 0.6 is 11.3 Å². The molecule has 2 aliphatic heterocycles. The van der Waals surface area contributed by atoms with Crippen LogP contribution in [-0.4, -0.2) is 67.5 Å². The zero-order valence-corrected chi connectivity index (χ0v) is 26.0. The lowest BCUT2D eigenvalue weighted by atomic mass is 9.99. The van der Waals surface area contributed by atoms with Gasteiger partial charge in [0.05, 0.1) is 10.6 Å². The van der Waals surface area contributed by atoms with E-state index in [1.54, 1.807) is 21.1 Å². The fourth-order valence-electron chi connectivity index (χ4n) is 6.14. The minimum absolute atomic E-state index is 0.00507. The average molecular weight is 596 g/mol. The van der Waals surface area contributed by atoms with Gasteiger partial charge in [-0.05, 0) is 80.6 Å². The number of hydrogen-bond donors (Lipinski definition) is 1. The number of amides is 2. The van der Waals surface area contributed by atoms with E-state index in [0.717, 1.165) is 52.3 Å². The number of allylic oxidation sites excluding steroid dienone is 1. The lowest BCUT2D eigenvalue weighted by Gasteiger charge is -2.37. The number of hydrogen-bond acceptors (Lipinski definition) is 7. The number of anilines is 2. The highest BCUT2D eigenvalue weighted by atomic mass is 32.1. The summed E-state index contributed by atoms with van der Waals surface area (Å²) < 4.78 is 0. The molecule has 1 aliphatic carbocycles. The number of fused-ring (bicyclic) bond motifs is 1. The molecular weight excluding hydrogens is 558 g/mol. The second-order valence-electron chi connectivity index (χ2n) is 11.6. The number of carbonyl (C=O) groups is 3. The van der Waals surface area contributed by atoms with Crippen molar-refractivity contribution in [3.63, 3.8) is 0 Å². The first kappa shape index (κ1) is 29.0. The zero-order valence-electron chi connectivity index (χ0n) is 25.1. The zero-order chi connectivity index (χ0) is 30.2. The van der Waals surface area contributed by atoms with Crippen molar-refractivity contribution in [2.24, 2.45) is 4.99 Å². The molecule has 1 unspecified atom stereocenters. The van der Waals surface area contributed by atoms with E-state index in [1.807, 2.05) is 76.6 Å². The number of aliphatic imine (C=N–C) groups is 1. The van der Waals surface area contributed by atoms with Gasteiger partial charge < -0.3 is 15.1 Å². The number of nitrogens with one attached hydrogen (secondary N) is 1.